The van der Waals surface area contributed by atoms with Crippen molar-refractivity contribution in [3.05, 3.63) is 0 Å². The van der Waals surface area contributed by atoms with Crippen molar-refractivity contribution < 1.29 is 9.84 Å². The van der Waals surface area contributed by atoms with E-state index in [2.05, 4.69) is 18.7 Å². The first-order valence-corrected chi connectivity index (χ1v) is 7.08. The topological polar surface area (TPSA) is 32.7 Å². The molecule has 1 atom stereocenters. The molecule has 0 spiro atoms. The molecular weight excluding hydrogens is 214 g/mol. The lowest BCUT2D eigenvalue weighted by molar-refractivity contribution is -0.0487. The summed E-state index contributed by atoms with van der Waals surface area (Å²) in [4.78, 5) is 2.49. The van der Waals surface area contributed by atoms with E-state index in [-0.39, 0.29) is 5.41 Å². The SMILES string of the molecule is CC1CCC(CO)(CN2CCOC(C)C2)CC1. The molecule has 1 heterocycles. The normalized spacial score (nSPS) is 40.4. The molecule has 3 nitrogen and oxygen atoms in total. The highest BCUT2D eigenvalue weighted by atomic mass is 16.5. The van der Waals surface area contributed by atoms with Gasteiger partial charge in [0.05, 0.1) is 12.7 Å². The van der Waals surface area contributed by atoms with Crippen molar-refractivity contribution in [2.75, 3.05) is 32.8 Å². The van der Waals surface area contributed by atoms with Crippen LogP contribution in [0, 0.1) is 11.3 Å². The molecule has 0 aromatic carbocycles. The molecule has 1 saturated heterocycles. The molecule has 0 aromatic heterocycles. The van der Waals surface area contributed by atoms with Crippen molar-refractivity contribution in [3.63, 3.8) is 0 Å². The van der Waals surface area contributed by atoms with Gasteiger partial charge in [0.25, 0.3) is 0 Å². The number of hydrogen-bond acceptors (Lipinski definition) is 3. The van der Waals surface area contributed by atoms with Crippen LogP contribution in [-0.4, -0.2) is 49.0 Å². The minimum absolute atomic E-state index is 0.170. The number of rotatable bonds is 3. The molecule has 17 heavy (non-hydrogen) atoms. The summed E-state index contributed by atoms with van der Waals surface area (Å²) in [6.07, 6.45) is 5.29. The Labute approximate surface area is 105 Å². The van der Waals surface area contributed by atoms with Crippen LogP contribution in [0.25, 0.3) is 0 Å². The van der Waals surface area contributed by atoms with Gasteiger partial charge < -0.3 is 9.84 Å². The molecule has 1 saturated carbocycles. The average molecular weight is 241 g/mol. The van der Waals surface area contributed by atoms with Gasteiger partial charge in [-0.25, -0.2) is 0 Å². The zero-order valence-electron chi connectivity index (χ0n) is 11.3. The van der Waals surface area contributed by atoms with Crippen LogP contribution in [-0.2, 0) is 4.74 Å². The van der Waals surface area contributed by atoms with Gasteiger partial charge in [-0.2, -0.15) is 0 Å². The molecule has 3 heteroatoms. The Bertz CT molecular complexity index is 236. The van der Waals surface area contributed by atoms with E-state index in [9.17, 15) is 5.11 Å². The standard InChI is InChI=1S/C14H27NO2/c1-12-3-5-14(11-16,6-4-12)10-15-7-8-17-13(2)9-15/h12-13,16H,3-11H2,1-2H3. The summed E-state index contributed by atoms with van der Waals surface area (Å²) in [6.45, 7) is 8.78. The Kier molecular flexibility index (Phi) is 4.45. The molecule has 1 unspecified atom stereocenters. The zero-order valence-corrected chi connectivity index (χ0v) is 11.3. The summed E-state index contributed by atoms with van der Waals surface area (Å²) < 4.78 is 5.58. The lowest BCUT2D eigenvalue weighted by Crippen LogP contribution is -2.48. The predicted octanol–water partition coefficient (Wildman–Crippen LogP) is 1.90. The van der Waals surface area contributed by atoms with Gasteiger partial charge in [-0.05, 0) is 25.7 Å². The van der Waals surface area contributed by atoms with Crippen molar-refractivity contribution in [3.8, 4) is 0 Å². The summed E-state index contributed by atoms with van der Waals surface area (Å²) in [5, 5.41) is 9.77. The third-order valence-electron chi connectivity index (χ3n) is 4.55. The smallest absolute Gasteiger partial charge is 0.0674 e. The fourth-order valence-electron chi connectivity index (χ4n) is 3.25. The molecule has 1 aliphatic carbocycles. The van der Waals surface area contributed by atoms with E-state index >= 15 is 0 Å². The van der Waals surface area contributed by atoms with E-state index in [4.69, 9.17) is 4.74 Å². The molecule has 0 radical (unpaired) electrons. The Morgan fingerprint density at radius 2 is 2.00 bits per heavy atom. The van der Waals surface area contributed by atoms with Gasteiger partial charge in [0.1, 0.15) is 0 Å². The van der Waals surface area contributed by atoms with E-state index in [0.29, 0.717) is 12.7 Å². The van der Waals surface area contributed by atoms with Crippen LogP contribution < -0.4 is 0 Å². The van der Waals surface area contributed by atoms with E-state index in [0.717, 1.165) is 32.2 Å². The predicted molar refractivity (Wildman–Crippen MR) is 69.0 cm³/mol. The average Bonchev–Trinajstić information content (AvgIpc) is 2.33. The van der Waals surface area contributed by atoms with E-state index < -0.39 is 0 Å². The van der Waals surface area contributed by atoms with E-state index in [1.54, 1.807) is 0 Å². The number of aliphatic hydroxyl groups is 1. The van der Waals surface area contributed by atoms with Gasteiger partial charge in [0.2, 0.25) is 0 Å². The van der Waals surface area contributed by atoms with Gasteiger partial charge in [-0.1, -0.05) is 19.8 Å². The molecule has 2 fully saturated rings. The fraction of sp³-hybridized carbons (Fsp3) is 1.00. The van der Waals surface area contributed by atoms with Gasteiger partial charge in [0, 0.05) is 31.7 Å². The lowest BCUT2D eigenvalue weighted by Gasteiger charge is -2.43. The third kappa shape index (κ3) is 3.43. The minimum atomic E-state index is 0.170. The molecule has 1 N–H and O–H groups in total. The zero-order chi connectivity index (χ0) is 12.3. The van der Waals surface area contributed by atoms with Crippen molar-refractivity contribution in [2.24, 2.45) is 11.3 Å². The summed E-state index contributed by atoms with van der Waals surface area (Å²) in [5.41, 5.74) is 0.170. The number of ether oxygens (including phenoxy) is 1. The maximum absolute atomic E-state index is 9.77. The van der Waals surface area contributed by atoms with Crippen LogP contribution in [0.2, 0.25) is 0 Å². The number of nitrogens with zero attached hydrogens (tertiary/aromatic N) is 1. The molecule has 0 aromatic rings. The quantitative estimate of drug-likeness (QED) is 0.819. The van der Waals surface area contributed by atoms with Gasteiger partial charge in [-0.15, -0.1) is 0 Å². The van der Waals surface area contributed by atoms with Crippen LogP contribution in [0.15, 0.2) is 0 Å². The van der Waals surface area contributed by atoms with Gasteiger partial charge >= 0.3 is 0 Å². The highest BCUT2D eigenvalue weighted by Gasteiger charge is 2.36. The van der Waals surface area contributed by atoms with E-state index in [1.165, 1.54) is 25.7 Å². The van der Waals surface area contributed by atoms with Crippen LogP contribution in [0.4, 0.5) is 0 Å². The third-order valence-corrected chi connectivity index (χ3v) is 4.55. The Morgan fingerprint density at radius 3 is 2.59 bits per heavy atom. The molecule has 0 bridgehead atoms. The molecule has 100 valence electrons. The maximum Gasteiger partial charge on any atom is 0.0674 e. The van der Waals surface area contributed by atoms with Crippen molar-refractivity contribution in [1.82, 2.24) is 4.90 Å². The molecule has 0 amide bonds. The molecule has 1 aliphatic heterocycles. The molecule has 2 aliphatic rings. The van der Waals surface area contributed by atoms with Gasteiger partial charge in [-0.3, -0.25) is 4.90 Å². The van der Waals surface area contributed by atoms with Crippen LogP contribution in [0.3, 0.4) is 0 Å². The van der Waals surface area contributed by atoms with Gasteiger partial charge in [0.15, 0.2) is 0 Å². The first kappa shape index (κ1) is 13.3. The largest absolute Gasteiger partial charge is 0.396 e. The van der Waals surface area contributed by atoms with Crippen LogP contribution in [0.1, 0.15) is 39.5 Å². The van der Waals surface area contributed by atoms with Crippen LogP contribution in [0.5, 0.6) is 0 Å². The lowest BCUT2D eigenvalue weighted by atomic mass is 9.71. The second kappa shape index (κ2) is 5.68. The Hall–Kier alpha value is -0.120. The monoisotopic (exact) mass is 241 g/mol. The summed E-state index contributed by atoms with van der Waals surface area (Å²) >= 11 is 0. The molecule has 2 rings (SSSR count). The first-order valence-electron chi connectivity index (χ1n) is 7.08. The van der Waals surface area contributed by atoms with E-state index in [1.807, 2.05) is 0 Å². The highest BCUT2D eigenvalue weighted by molar-refractivity contribution is 4.88. The van der Waals surface area contributed by atoms with Crippen molar-refractivity contribution >= 4 is 0 Å². The van der Waals surface area contributed by atoms with Crippen LogP contribution >= 0.6 is 0 Å². The maximum atomic E-state index is 9.77. The number of morpholine rings is 1. The number of hydrogen-bond donors (Lipinski definition) is 1. The minimum Gasteiger partial charge on any atom is -0.396 e. The van der Waals surface area contributed by atoms with Crippen molar-refractivity contribution in [1.29, 1.82) is 0 Å². The first-order chi connectivity index (χ1) is 8.13. The molecular formula is C14H27NO2. The summed E-state index contributed by atoms with van der Waals surface area (Å²) in [5.74, 6) is 0.846. The Balaban J connectivity index is 1.90. The second-order valence-corrected chi connectivity index (χ2v) is 6.26. The van der Waals surface area contributed by atoms with Crippen molar-refractivity contribution in [2.45, 2.75) is 45.6 Å². The highest BCUT2D eigenvalue weighted by Crippen LogP contribution is 2.39. The summed E-state index contributed by atoms with van der Waals surface area (Å²) in [7, 11) is 0. The number of aliphatic hydroxyl groups excluding tert-OH is 1. The summed E-state index contributed by atoms with van der Waals surface area (Å²) in [6, 6.07) is 0. The second-order valence-electron chi connectivity index (χ2n) is 6.26. The fourth-order valence-corrected chi connectivity index (χ4v) is 3.25. The Morgan fingerprint density at radius 1 is 1.29 bits per heavy atom.